The summed E-state index contributed by atoms with van der Waals surface area (Å²) in [7, 11) is 1.67. The van der Waals surface area contributed by atoms with Crippen LogP contribution in [-0.2, 0) is 9.59 Å². The van der Waals surface area contributed by atoms with Crippen LogP contribution >= 0.6 is 0 Å². The molecular formula is C28H33F3N4O5. The van der Waals surface area contributed by atoms with Gasteiger partial charge in [-0.2, -0.15) is 13.2 Å². The Morgan fingerprint density at radius 3 is 2.55 bits per heavy atom. The van der Waals surface area contributed by atoms with Gasteiger partial charge in [0, 0.05) is 42.4 Å². The first-order valence-corrected chi connectivity index (χ1v) is 13.2. The fourth-order valence-electron chi connectivity index (χ4n) is 4.91. The Bertz CT molecular complexity index is 1350. The monoisotopic (exact) mass is 562 g/mol. The van der Waals surface area contributed by atoms with E-state index in [0.717, 1.165) is 52.6 Å². The molecule has 2 fully saturated rings. The number of methoxy groups -OCH3 is 1. The van der Waals surface area contributed by atoms with Crippen LogP contribution in [0, 0.1) is 0 Å². The predicted molar refractivity (Wildman–Crippen MR) is 145 cm³/mol. The average Bonchev–Trinajstić information content (AvgIpc) is 3.44. The molecule has 9 nitrogen and oxygen atoms in total. The first-order valence-electron chi connectivity index (χ1n) is 13.2. The van der Waals surface area contributed by atoms with Gasteiger partial charge in [0.2, 0.25) is 5.91 Å². The third-order valence-electron chi connectivity index (χ3n) is 6.88. The topological polar surface area (TPSA) is 113 Å². The Morgan fingerprint density at radius 1 is 1.15 bits per heavy atom. The van der Waals surface area contributed by atoms with E-state index in [1.165, 1.54) is 25.9 Å². The van der Waals surface area contributed by atoms with Crippen molar-refractivity contribution < 1.29 is 37.3 Å². The van der Waals surface area contributed by atoms with Crippen molar-refractivity contribution in [2.75, 3.05) is 45.2 Å². The third kappa shape index (κ3) is 7.44. The van der Waals surface area contributed by atoms with Gasteiger partial charge < -0.3 is 30.1 Å². The van der Waals surface area contributed by atoms with E-state index >= 15 is 0 Å². The number of amides is 1. The first-order chi connectivity index (χ1) is 19.2. The van der Waals surface area contributed by atoms with E-state index < -0.39 is 12.1 Å². The second-order valence-electron chi connectivity index (χ2n) is 9.76. The number of pyridine rings is 1. The number of halogens is 3. The molecule has 40 heavy (non-hydrogen) atoms. The van der Waals surface area contributed by atoms with Gasteiger partial charge in [-0.05, 0) is 50.9 Å². The summed E-state index contributed by atoms with van der Waals surface area (Å²) in [6, 6.07) is 12.2. The number of hydrogen-bond donors (Lipinski definition) is 3. The van der Waals surface area contributed by atoms with Gasteiger partial charge in [0.05, 0.1) is 30.4 Å². The molecule has 3 aromatic rings. The van der Waals surface area contributed by atoms with Crippen LogP contribution in [0.3, 0.4) is 0 Å². The Hall–Kier alpha value is -3.80. The number of ether oxygens (including phenoxy) is 2. The number of carboxylic acids is 1. The van der Waals surface area contributed by atoms with Crippen molar-refractivity contribution in [1.29, 1.82) is 0 Å². The molecule has 1 atom stereocenters. The van der Waals surface area contributed by atoms with Crippen molar-refractivity contribution >= 4 is 39.4 Å². The van der Waals surface area contributed by atoms with Crippen LogP contribution in [0.2, 0.25) is 0 Å². The van der Waals surface area contributed by atoms with Gasteiger partial charge in [-0.3, -0.25) is 4.79 Å². The highest BCUT2D eigenvalue weighted by Crippen LogP contribution is 2.39. The van der Waals surface area contributed by atoms with E-state index in [4.69, 9.17) is 24.4 Å². The van der Waals surface area contributed by atoms with Crippen LogP contribution in [0.15, 0.2) is 36.4 Å². The fourth-order valence-corrected chi connectivity index (χ4v) is 4.91. The molecule has 2 aliphatic heterocycles. The molecule has 1 amide bonds. The lowest BCUT2D eigenvalue weighted by Crippen LogP contribution is -2.39. The van der Waals surface area contributed by atoms with E-state index in [2.05, 4.69) is 21.6 Å². The number of hydrogen-bond acceptors (Lipinski definition) is 7. The highest BCUT2D eigenvalue weighted by atomic mass is 19.4. The van der Waals surface area contributed by atoms with Crippen LogP contribution < -0.4 is 20.1 Å². The van der Waals surface area contributed by atoms with Crippen molar-refractivity contribution in [2.45, 2.75) is 44.3 Å². The SMILES string of the molecule is COc1cc2c(NC3CCNC(=O)C3)c3ccccc3nc2cc1OCCCN1CCCC1.O=C(O)C(F)(F)F. The number of aliphatic carboxylic acids is 1. The number of carbonyl (C=O) groups is 2. The maximum atomic E-state index is 11.9. The summed E-state index contributed by atoms with van der Waals surface area (Å²) >= 11 is 0. The summed E-state index contributed by atoms with van der Waals surface area (Å²) in [6.45, 7) is 4.82. The Balaban J connectivity index is 0.000000470. The molecule has 12 heteroatoms. The minimum atomic E-state index is -5.08. The van der Waals surface area contributed by atoms with Crippen molar-refractivity contribution in [3.05, 3.63) is 36.4 Å². The smallest absolute Gasteiger partial charge is 0.490 e. The largest absolute Gasteiger partial charge is 0.493 e. The number of fused-ring (bicyclic) bond motifs is 2. The quantitative estimate of drug-likeness (QED) is 0.270. The van der Waals surface area contributed by atoms with Gasteiger partial charge >= 0.3 is 12.1 Å². The lowest BCUT2D eigenvalue weighted by Gasteiger charge is -2.26. The molecule has 0 bridgehead atoms. The molecule has 0 saturated carbocycles. The number of likely N-dealkylation sites (tertiary alicyclic amines) is 1. The van der Waals surface area contributed by atoms with Gasteiger partial charge in [-0.1, -0.05) is 18.2 Å². The number of carboxylic acid groups (broad SMARTS) is 1. The minimum Gasteiger partial charge on any atom is -0.493 e. The van der Waals surface area contributed by atoms with Crippen molar-refractivity contribution in [1.82, 2.24) is 15.2 Å². The number of nitrogens with one attached hydrogen (secondary N) is 2. The number of benzene rings is 2. The Morgan fingerprint density at radius 2 is 1.88 bits per heavy atom. The normalized spacial score (nSPS) is 17.7. The van der Waals surface area contributed by atoms with E-state index in [1.54, 1.807) is 7.11 Å². The minimum absolute atomic E-state index is 0.0836. The summed E-state index contributed by atoms with van der Waals surface area (Å²) in [6.07, 6.45) is -0.128. The third-order valence-corrected chi connectivity index (χ3v) is 6.88. The standard InChI is InChI=1S/C26H32N4O3.C2HF3O2/c1-32-23-16-20-22(17-24(23)33-14-6-13-30-11-4-5-12-30)29-21-8-3-2-7-19(21)26(20)28-18-9-10-27-25(31)15-18;3-2(4,5)1(6)7/h2-3,7-8,16-18H,4-6,9-15H2,1H3,(H,27,31)(H,28,29);(H,6,7). The molecular weight excluding hydrogens is 529 g/mol. The number of piperidine rings is 1. The predicted octanol–water partition coefficient (Wildman–Crippen LogP) is 4.59. The molecule has 5 rings (SSSR count). The molecule has 2 saturated heterocycles. The number of anilines is 1. The second kappa shape index (κ2) is 13.0. The molecule has 0 radical (unpaired) electrons. The molecule has 1 unspecified atom stereocenters. The highest BCUT2D eigenvalue weighted by Gasteiger charge is 2.38. The number of para-hydroxylation sites is 1. The Labute approximate surface area is 229 Å². The summed E-state index contributed by atoms with van der Waals surface area (Å²) in [5.74, 6) is -1.25. The maximum absolute atomic E-state index is 11.9. The van der Waals surface area contributed by atoms with Crippen molar-refractivity contribution in [3.8, 4) is 11.5 Å². The highest BCUT2D eigenvalue weighted by molar-refractivity contribution is 6.08. The van der Waals surface area contributed by atoms with Crippen LogP contribution in [0.4, 0.5) is 18.9 Å². The molecule has 0 spiro atoms. The van der Waals surface area contributed by atoms with Gasteiger partial charge in [0.15, 0.2) is 11.5 Å². The van der Waals surface area contributed by atoms with Crippen LogP contribution in [0.25, 0.3) is 21.8 Å². The molecule has 3 N–H and O–H groups in total. The summed E-state index contributed by atoms with van der Waals surface area (Å²) in [4.78, 5) is 28.2. The van der Waals surface area contributed by atoms with Crippen LogP contribution in [0.5, 0.6) is 11.5 Å². The van der Waals surface area contributed by atoms with E-state index in [0.29, 0.717) is 25.3 Å². The zero-order valence-electron chi connectivity index (χ0n) is 22.2. The van der Waals surface area contributed by atoms with E-state index in [1.807, 2.05) is 30.3 Å². The van der Waals surface area contributed by atoms with E-state index in [-0.39, 0.29) is 11.9 Å². The zero-order chi connectivity index (χ0) is 28.7. The summed E-state index contributed by atoms with van der Waals surface area (Å²) in [5, 5.41) is 15.7. The van der Waals surface area contributed by atoms with Gasteiger partial charge in [0.1, 0.15) is 0 Å². The summed E-state index contributed by atoms with van der Waals surface area (Å²) < 4.78 is 43.6. The van der Waals surface area contributed by atoms with Gasteiger partial charge in [0.25, 0.3) is 0 Å². The molecule has 3 heterocycles. The molecule has 0 aliphatic carbocycles. The van der Waals surface area contributed by atoms with Gasteiger partial charge in [-0.15, -0.1) is 0 Å². The molecule has 2 aromatic carbocycles. The Kier molecular flexibility index (Phi) is 9.51. The van der Waals surface area contributed by atoms with Crippen LogP contribution in [-0.4, -0.2) is 79.0 Å². The lowest BCUT2D eigenvalue weighted by molar-refractivity contribution is -0.192. The fraction of sp³-hybridized carbons (Fsp3) is 0.464. The zero-order valence-corrected chi connectivity index (χ0v) is 22.2. The first kappa shape index (κ1) is 29.2. The molecule has 1 aromatic heterocycles. The number of alkyl halides is 3. The van der Waals surface area contributed by atoms with Crippen molar-refractivity contribution in [2.24, 2.45) is 0 Å². The number of carbonyl (C=O) groups excluding carboxylic acids is 1. The molecule has 216 valence electrons. The summed E-state index contributed by atoms with van der Waals surface area (Å²) in [5.41, 5.74) is 2.76. The lowest BCUT2D eigenvalue weighted by atomic mass is 10.0. The maximum Gasteiger partial charge on any atom is 0.490 e. The number of nitrogens with zero attached hydrogens (tertiary/aromatic N) is 2. The number of aromatic nitrogens is 1. The average molecular weight is 563 g/mol. The van der Waals surface area contributed by atoms with Crippen molar-refractivity contribution in [3.63, 3.8) is 0 Å². The van der Waals surface area contributed by atoms with E-state index in [9.17, 15) is 18.0 Å². The van der Waals surface area contributed by atoms with Crippen LogP contribution in [0.1, 0.15) is 32.1 Å². The number of rotatable bonds is 8. The van der Waals surface area contributed by atoms with Gasteiger partial charge in [-0.25, -0.2) is 9.78 Å². The second-order valence-corrected chi connectivity index (χ2v) is 9.76. The molecule has 2 aliphatic rings.